The summed E-state index contributed by atoms with van der Waals surface area (Å²) in [5, 5.41) is 2.69. The first-order valence-corrected chi connectivity index (χ1v) is 4.92. The second kappa shape index (κ2) is 3.13. The Morgan fingerprint density at radius 1 is 0.786 bits per heavy atom. The Hall–Kier alpha value is -1.30. The third kappa shape index (κ3) is 1.22. The molecule has 2 aromatic rings. The van der Waals surface area contributed by atoms with Gasteiger partial charge in [-0.05, 0) is 60.7 Å². The maximum Gasteiger partial charge on any atom is -0.0149 e. The van der Waals surface area contributed by atoms with Gasteiger partial charge < -0.3 is 0 Å². The van der Waals surface area contributed by atoms with Gasteiger partial charge in [0.1, 0.15) is 0 Å². The van der Waals surface area contributed by atoms with Crippen molar-refractivity contribution in [1.82, 2.24) is 0 Å². The van der Waals surface area contributed by atoms with Gasteiger partial charge in [0, 0.05) is 0 Å². The summed E-state index contributed by atoms with van der Waals surface area (Å²) < 4.78 is 0. The molecule has 0 spiro atoms. The zero-order valence-electron chi connectivity index (χ0n) is 9.02. The van der Waals surface area contributed by atoms with Crippen molar-refractivity contribution >= 4 is 10.8 Å². The van der Waals surface area contributed by atoms with Crippen LogP contribution in [0.15, 0.2) is 24.3 Å². The van der Waals surface area contributed by atoms with Crippen molar-refractivity contribution in [3.8, 4) is 0 Å². The molecule has 0 aliphatic rings. The first-order valence-electron chi connectivity index (χ1n) is 4.92. The summed E-state index contributed by atoms with van der Waals surface area (Å²) in [5.41, 5.74) is 5.16. The van der Waals surface area contributed by atoms with E-state index in [0.29, 0.717) is 0 Å². The summed E-state index contributed by atoms with van der Waals surface area (Å²) in [6.45, 7) is 10.5. The molecule has 0 atom stereocenters. The van der Waals surface area contributed by atoms with Crippen LogP contribution in [0.1, 0.15) is 22.3 Å². The summed E-state index contributed by atoms with van der Waals surface area (Å²) in [6, 6.07) is 8.66. The Balaban J connectivity index is 2.94. The van der Waals surface area contributed by atoms with Crippen LogP contribution in [0.5, 0.6) is 0 Å². The molecule has 14 heavy (non-hydrogen) atoms. The molecular formula is C14H15. The molecule has 0 saturated heterocycles. The van der Waals surface area contributed by atoms with E-state index in [1.165, 1.54) is 27.5 Å². The van der Waals surface area contributed by atoms with E-state index >= 15 is 0 Å². The largest absolute Gasteiger partial charge is 0.0584 e. The minimum atomic E-state index is 1.13. The van der Waals surface area contributed by atoms with E-state index in [4.69, 9.17) is 0 Å². The topological polar surface area (TPSA) is 0 Å². The molecule has 2 rings (SSSR count). The monoisotopic (exact) mass is 183 g/mol. The zero-order valence-corrected chi connectivity index (χ0v) is 9.02. The van der Waals surface area contributed by atoms with Crippen molar-refractivity contribution in [1.29, 1.82) is 0 Å². The third-order valence-electron chi connectivity index (χ3n) is 3.12. The average Bonchev–Trinajstić information content (AvgIpc) is 2.17. The van der Waals surface area contributed by atoms with Gasteiger partial charge >= 0.3 is 0 Å². The van der Waals surface area contributed by atoms with E-state index in [1.807, 2.05) is 0 Å². The van der Waals surface area contributed by atoms with Crippen molar-refractivity contribution in [3.05, 3.63) is 53.4 Å². The fraction of sp³-hybridized carbons (Fsp3) is 0.214. The second-order valence-electron chi connectivity index (χ2n) is 3.95. The van der Waals surface area contributed by atoms with Crippen LogP contribution >= 0.6 is 0 Å². The number of rotatable bonds is 0. The number of aryl methyl sites for hydroxylation is 3. The SMILES string of the molecule is [CH2]c1ccc2c(C)c(C)ccc2c1C. The van der Waals surface area contributed by atoms with Gasteiger partial charge in [-0.25, -0.2) is 0 Å². The Morgan fingerprint density at radius 2 is 1.36 bits per heavy atom. The molecule has 0 aliphatic carbocycles. The van der Waals surface area contributed by atoms with Crippen molar-refractivity contribution in [2.24, 2.45) is 0 Å². The van der Waals surface area contributed by atoms with Crippen molar-refractivity contribution < 1.29 is 0 Å². The molecule has 0 heteroatoms. The van der Waals surface area contributed by atoms with Crippen LogP contribution in [0.4, 0.5) is 0 Å². The van der Waals surface area contributed by atoms with Crippen molar-refractivity contribution in [3.63, 3.8) is 0 Å². The quantitative estimate of drug-likeness (QED) is 0.580. The predicted octanol–water partition coefficient (Wildman–Crippen LogP) is 3.95. The highest BCUT2D eigenvalue weighted by atomic mass is 14.1. The summed E-state index contributed by atoms with van der Waals surface area (Å²) in [6.07, 6.45) is 0. The van der Waals surface area contributed by atoms with Gasteiger partial charge in [0.25, 0.3) is 0 Å². The maximum absolute atomic E-state index is 4.02. The lowest BCUT2D eigenvalue weighted by atomic mass is 9.95. The molecule has 1 radical (unpaired) electrons. The Kier molecular flexibility index (Phi) is 2.07. The minimum absolute atomic E-state index is 1.13. The highest BCUT2D eigenvalue weighted by molar-refractivity contribution is 5.90. The zero-order chi connectivity index (χ0) is 10.3. The highest BCUT2D eigenvalue weighted by Crippen LogP contribution is 2.25. The first kappa shape index (κ1) is 9.26. The van der Waals surface area contributed by atoms with Crippen molar-refractivity contribution in [2.45, 2.75) is 20.8 Å². The number of hydrogen-bond acceptors (Lipinski definition) is 0. The van der Waals surface area contributed by atoms with Gasteiger partial charge in [0.05, 0.1) is 0 Å². The second-order valence-corrected chi connectivity index (χ2v) is 3.95. The van der Waals surface area contributed by atoms with Gasteiger partial charge in [-0.3, -0.25) is 0 Å². The lowest BCUT2D eigenvalue weighted by Gasteiger charge is -2.09. The van der Waals surface area contributed by atoms with Crippen LogP contribution in [0.2, 0.25) is 0 Å². The molecule has 0 heterocycles. The van der Waals surface area contributed by atoms with Crippen LogP contribution in [0.25, 0.3) is 10.8 Å². The van der Waals surface area contributed by atoms with Gasteiger partial charge in [-0.15, -0.1) is 0 Å². The third-order valence-corrected chi connectivity index (χ3v) is 3.12. The standard InChI is InChI=1S/C14H15/c1-9-5-7-14-12(4)10(2)6-8-13(14)11(9)3/h5-8H,1H2,2-4H3. The normalized spacial score (nSPS) is 10.9. The number of fused-ring (bicyclic) bond motifs is 1. The number of hydrogen-bond donors (Lipinski definition) is 0. The molecular weight excluding hydrogens is 168 g/mol. The molecule has 0 saturated carbocycles. The Morgan fingerprint density at radius 3 is 2.07 bits per heavy atom. The molecule has 0 amide bonds. The van der Waals surface area contributed by atoms with Crippen LogP contribution < -0.4 is 0 Å². The van der Waals surface area contributed by atoms with E-state index < -0.39 is 0 Å². The molecule has 0 aromatic heterocycles. The fourth-order valence-electron chi connectivity index (χ4n) is 1.86. The minimum Gasteiger partial charge on any atom is -0.0584 e. The lowest BCUT2D eigenvalue weighted by molar-refractivity contribution is 1.36. The van der Waals surface area contributed by atoms with Crippen LogP contribution in [0, 0.1) is 27.7 Å². The molecule has 0 N–H and O–H groups in total. The van der Waals surface area contributed by atoms with Gasteiger partial charge in [-0.1, -0.05) is 24.3 Å². The summed E-state index contributed by atoms with van der Waals surface area (Å²) in [7, 11) is 0. The van der Waals surface area contributed by atoms with Crippen LogP contribution in [-0.4, -0.2) is 0 Å². The first-order chi connectivity index (χ1) is 6.61. The molecule has 0 aliphatic heterocycles. The smallest absolute Gasteiger partial charge is 0.0149 e. The molecule has 71 valence electrons. The summed E-state index contributed by atoms with van der Waals surface area (Å²) in [5.74, 6) is 0. The van der Waals surface area contributed by atoms with E-state index in [1.54, 1.807) is 0 Å². The van der Waals surface area contributed by atoms with E-state index in [2.05, 4.69) is 52.0 Å². The predicted molar refractivity (Wildman–Crippen MR) is 62.6 cm³/mol. The summed E-state index contributed by atoms with van der Waals surface area (Å²) >= 11 is 0. The van der Waals surface area contributed by atoms with Crippen LogP contribution in [0.3, 0.4) is 0 Å². The molecule has 2 aromatic carbocycles. The summed E-state index contributed by atoms with van der Waals surface area (Å²) in [4.78, 5) is 0. The molecule has 0 fully saturated rings. The fourth-order valence-corrected chi connectivity index (χ4v) is 1.86. The molecule has 0 bridgehead atoms. The van der Waals surface area contributed by atoms with Gasteiger partial charge in [0.15, 0.2) is 0 Å². The van der Waals surface area contributed by atoms with E-state index in [0.717, 1.165) is 5.56 Å². The molecule has 0 nitrogen and oxygen atoms in total. The van der Waals surface area contributed by atoms with E-state index in [-0.39, 0.29) is 0 Å². The van der Waals surface area contributed by atoms with Crippen molar-refractivity contribution in [2.75, 3.05) is 0 Å². The van der Waals surface area contributed by atoms with Crippen LogP contribution in [-0.2, 0) is 0 Å². The molecule has 0 unspecified atom stereocenters. The average molecular weight is 183 g/mol. The Bertz CT molecular complexity index is 446. The lowest BCUT2D eigenvalue weighted by Crippen LogP contribution is -1.88. The maximum atomic E-state index is 4.02. The number of benzene rings is 2. The van der Waals surface area contributed by atoms with Gasteiger partial charge in [0.2, 0.25) is 0 Å². The Labute approximate surface area is 85.6 Å². The van der Waals surface area contributed by atoms with E-state index in [9.17, 15) is 0 Å². The van der Waals surface area contributed by atoms with Gasteiger partial charge in [-0.2, -0.15) is 0 Å². The highest BCUT2D eigenvalue weighted by Gasteiger charge is 2.03.